The van der Waals surface area contributed by atoms with Gasteiger partial charge in [0.25, 0.3) is 21.5 Å². The van der Waals surface area contributed by atoms with Crippen molar-refractivity contribution in [1.29, 1.82) is 0 Å². The van der Waals surface area contributed by atoms with Crippen LogP contribution in [0.2, 0.25) is 0 Å². The molecule has 0 saturated heterocycles. The molecule has 4 rings (SSSR count). The minimum absolute atomic E-state index is 0.00678. The molecule has 2 heterocycles. The third-order valence-electron chi connectivity index (χ3n) is 8.15. The van der Waals surface area contributed by atoms with Crippen molar-refractivity contribution >= 4 is 27.9 Å². The largest absolute Gasteiger partial charge is 0.487 e. The number of rotatable bonds is 11. The van der Waals surface area contributed by atoms with E-state index in [2.05, 4.69) is 15.0 Å². The molecule has 0 spiro atoms. The Bertz CT molecular complexity index is 1830. The average molecular weight is 652 g/mol. The van der Waals surface area contributed by atoms with Crippen molar-refractivity contribution in [2.75, 3.05) is 6.54 Å². The second kappa shape index (κ2) is 13.8. The van der Waals surface area contributed by atoms with E-state index in [1.54, 1.807) is 13.8 Å². The van der Waals surface area contributed by atoms with Gasteiger partial charge in [-0.3, -0.25) is 14.6 Å². The Hall–Kier alpha value is -4.65. The summed E-state index contributed by atoms with van der Waals surface area (Å²) in [6.45, 7) is 9.60. The molecule has 12 nitrogen and oxygen atoms in total. The number of fused-ring (bicyclic) bond motifs is 1. The van der Waals surface area contributed by atoms with Gasteiger partial charge in [0.2, 0.25) is 5.96 Å². The number of carboxylic acid groups (broad SMARTS) is 1. The van der Waals surface area contributed by atoms with Crippen LogP contribution in [0.3, 0.4) is 0 Å². The lowest BCUT2D eigenvalue weighted by atomic mass is 9.88. The highest BCUT2D eigenvalue weighted by atomic mass is 32.2. The normalized spacial score (nSPS) is 14.9. The molecule has 13 heteroatoms. The molecule has 1 atom stereocenters. The zero-order chi connectivity index (χ0) is 33.8. The predicted molar refractivity (Wildman–Crippen MR) is 175 cm³/mol. The monoisotopic (exact) mass is 651 g/mol. The predicted octanol–water partition coefficient (Wildman–Crippen LogP) is 3.18. The number of carbonyl (C=O) groups excluding carboxylic acids is 1. The number of ether oxygens (including phenoxy) is 1. The Morgan fingerprint density at radius 3 is 2.46 bits per heavy atom. The number of aliphatic imine (C=N–C) groups is 1. The lowest BCUT2D eigenvalue weighted by molar-refractivity contribution is -0.139. The standard InChI is InChI=1S/C33H41N5O7S/c1-20-21(2)29(22(3)25-15-16-33(4,5)45-28(20)25)46(43,44)37-32(34)35-17-9-12-26(31(41)42)36-30(40)24-13-14-27(39)38(19-24)18-23-10-7-6-8-11-23/h6-8,10-11,13-14,19,26H,9,12,15-18H2,1-5H3,(H,36,40)(H,41,42)(H3,34,35,37)/t26-/m0/s1. The van der Waals surface area contributed by atoms with Crippen molar-refractivity contribution < 1.29 is 27.9 Å². The summed E-state index contributed by atoms with van der Waals surface area (Å²) in [6.07, 6.45) is 3.02. The van der Waals surface area contributed by atoms with E-state index >= 15 is 0 Å². The first-order valence-corrected chi connectivity index (χ1v) is 16.5. The minimum atomic E-state index is -4.08. The lowest BCUT2D eigenvalue weighted by Crippen LogP contribution is -2.41. The summed E-state index contributed by atoms with van der Waals surface area (Å²) in [5.74, 6) is -1.50. The number of benzene rings is 2. The Kier molecular flexibility index (Phi) is 10.2. The quantitative estimate of drug-likeness (QED) is 0.139. The first-order chi connectivity index (χ1) is 21.6. The smallest absolute Gasteiger partial charge is 0.326 e. The van der Waals surface area contributed by atoms with E-state index in [9.17, 15) is 27.9 Å². The van der Waals surface area contributed by atoms with Crippen molar-refractivity contribution in [2.45, 2.75) is 83.4 Å². The van der Waals surface area contributed by atoms with Crippen LogP contribution in [0, 0.1) is 20.8 Å². The maximum atomic E-state index is 13.4. The van der Waals surface area contributed by atoms with Crippen molar-refractivity contribution in [1.82, 2.24) is 14.6 Å². The molecule has 0 radical (unpaired) electrons. The summed E-state index contributed by atoms with van der Waals surface area (Å²) < 4.78 is 36.8. The van der Waals surface area contributed by atoms with Gasteiger partial charge in [-0.15, -0.1) is 0 Å². The molecule has 1 amide bonds. The molecule has 0 aliphatic carbocycles. The third-order valence-corrected chi connectivity index (χ3v) is 9.78. The summed E-state index contributed by atoms with van der Waals surface area (Å²) in [6, 6.07) is 10.6. The number of carbonyl (C=O) groups is 2. The molecular formula is C33H41N5O7S. The van der Waals surface area contributed by atoms with Crippen LogP contribution in [0.1, 0.15) is 71.3 Å². The van der Waals surface area contributed by atoms with Gasteiger partial charge in [0, 0.05) is 18.8 Å². The van der Waals surface area contributed by atoms with Crippen LogP contribution in [-0.4, -0.2) is 54.1 Å². The molecular weight excluding hydrogens is 610 g/mol. The fraction of sp³-hybridized carbons (Fsp3) is 0.394. The van der Waals surface area contributed by atoms with E-state index in [1.165, 1.54) is 22.9 Å². The zero-order valence-electron chi connectivity index (χ0n) is 26.7. The molecule has 2 aromatic carbocycles. The lowest BCUT2D eigenvalue weighted by Gasteiger charge is -2.35. The summed E-state index contributed by atoms with van der Waals surface area (Å²) >= 11 is 0. The maximum Gasteiger partial charge on any atom is 0.326 e. The molecule has 0 saturated carbocycles. The molecule has 1 aromatic heterocycles. The molecule has 0 fully saturated rings. The van der Waals surface area contributed by atoms with E-state index in [0.717, 1.165) is 28.9 Å². The number of pyridine rings is 1. The van der Waals surface area contributed by atoms with E-state index < -0.39 is 27.9 Å². The number of aliphatic carboxylic acids is 1. The number of guanidine groups is 1. The summed E-state index contributed by atoms with van der Waals surface area (Å²) in [4.78, 5) is 41.3. The summed E-state index contributed by atoms with van der Waals surface area (Å²) in [5.41, 5.74) is 9.08. The molecule has 5 N–H and O–H groups in total. The van der Waals surface area contributed by atoms with E-state index in [0.29, 0.717) is 17.5 Å². The number of sulfonamides is 1. The van der Waals surface area contributed by atoms with Gasteiger partial charge in [0.15, 0.2) is 0 Å². The van der Waals surface area contributed by atoms with Crippen molar-refractivity contribution in [3.63, 3.8) is 0 Å². The van der Waals surface area contributed by atoms with Crippen LogP contribution < -0.4 is 26.1 Å². The Balaban J connectivity index is 1.38. The number of aromatic nitrogens is 1. The van der Waals surface area contributed by atoms with Gasteiger partial charge in [-0.25, -0.2) is 17.9 Å². The highest BCUT2D eigenvalue weighted by molar-refractivity contribution is 7.90. The van der Waals surface area contributed by atoms with Gasteiger partial charge >= 0.3 is 5.97 Å². The second-order valence-electron chi connectivity index (χ2n) is 12.1. The highest BCUT2D eigenvalue weighted by Gasteiger charge is 2.33. The number of carboxylic acids is 1. The highest BCUT2D eigenvalue weighted by Crippen LogP contribution is 2.42. The number of hydrogen-bond acceptors (Lipinski definition) is 7. The van der Waals surface area contributed by atoms with Crippen LogP contribution in [0.25, 0.3) is 0 Å². The van der Waals surface area contributed by atoms with E-state index in [-0.39, 0.29) is 53.5 Å². The first kappa shape index (κ1) is 34.2. The van der Waals surface area contributed by atoms with Gasteiger partial charge in [-0.1, -0.05) is 30.3 Å². The third kappa shape index (κ3) is 7.94. The molecule has 246 valence electrons. The fourth-order valence-electron chi connectivity index (χ4n) is 5.54. The van der Waals surface area contributed by atoms with Crippen LogP contribution in [0.15, 0.2) is 63.3 Å². The topological polar surface area (TPSA) is 182 Å². The van der Waals surface area contributed by atoms with Crippen molar-refractivity contribution in [3.8, 4) is 5.75 Å². The van der Waals surface area contributed by atoms with Gasteiger partial charge in [0.1, 0.15) is 17.4 Å². The Morgan fingerprint density at radius 1 is 1.09 bits per heavy atom. The van der Waals surface area contributed by atoms with Gasteiger partial charge in [0.05, 0.1) is 17.0 Å². The van der Waals surface area contributed by atoms with Gasteiger partial charge in [-0.2, -0.15) is 0 Å². The number of hydrogen-bond donors (Lipinski definition) is 4. The van der Waals surface area contributed by atoms with Crippen LogP contribution in [0.4, 0.5) is 0 Å². The van der Waals surface area contributed by atoms with Crippen LogP contribution >= 0.6 is 0 Å². The molecule has 1 aliphatic heterocycles. The van der Waals surface area contributed by atoms with Gasteiger partial charge in [-0.05, 0) is 94.2 Å². The molecule has 1 aliphatic rings. The average Bonchev–Trinajstić information content (AvgIpc) is 2.98. The zero-order valence-corrected chi connectivity index (χ0v) is 27.5. The van der Waals surface area contributed by atoms with E-state index in [4.69, 9.17) is 10.5 Å². The van der Waals surface area contributed by atoms with Gasteiger partial charge < -0.3 is 25.5 Å². The number of nitrogens with one attached hydrogen (secondary N) is 2. The summed E-state index contributed by atoms with van der Waals surface area (Å²) in [5, 5.41) is 12.2. The maximum absolute atomic E-state index is 13.4. The van der Waals surface area contributed by atoms with Crippen molar-refractivity contribution in [2.24, 2.45) is 10.7 Å². The SMILES string of the molecule is Cc1c(C)c(S(=O)(=O)NC(N)=NCCC[C@H](NC(=O)c2ccc(=O)n(Cc3ccccc3)c2)C(=O)O)c(C)c2c1OC(C)(C)CC2. The second-order valence-corrected chi connectivity index (χ2v) is 13.7. The van der Waals surface area contributed by atoms with Crippen molar-refractivity contribution in [3.05, 3.63) is 92.4 Å². The first-order valence-electron chi connectivity index (χ1n) is 15.0. The molecule has 0 bridgehead atoms. The minimum Gasteiger partial charge on any atom is -0.487 e. The fourth-order valence-corrected chi connectivity index (χ4v) is 7.06. The van der Waals surface area contributed by atoms with Crippen LogP contribution in [0.5, 0.6) is 5.75 Å². The van der Waals surface area contributed by atoms with Crippen LogP contribution in [-0.2, 0) is 27.8 Å². The molecule has 46 heavy (non-hydrogen) atoms. The number of amides is 1. The number of nitrogens with two attached hydrogens (primary N) is 1. The molecule has 0 unspecified atom stereocenters. The Labute approximate surface area is 268 Å². The van der Waals surface area contributed by atoms with E-state index in [1.807, 2.05) is 51.1 Å². The Morgan fingerprint density at radius 2 is 1.78 bits per heavy atom. The molecule has 3 aromatic rings. The number of nitrogens with zero attached hydrogens (tertiary/aromatic N) is 2. The summed E-state index contributed by atoms with van der Waals surface area (Å²) in [7, 11) is -4.08.